The van der Waals surface area contributed by atoms with Gasteiger partial charge >= 0.3 is 0 Å². The van der Waals surface area contributed by atoms with Gasteiger partial charge in [0.15, 0.2) is 0 Å². The number of hydrogen-bond donors (Lipinski definition) is 3. The Hall–Kier alpha value is -1.11. The molecule has 0 bridgehead atoms. The van der Waals surface area contributed by atoms with Crippen molar-refractivity contribution in [2.75, 3.05) is 26.1 Å². The summed E-state index contributed by atoms with van der Waals surface area (Å²) < 4.78 is 5.80. The molecule has 4 N–H and O–H groups in total. The van der Waals surface area contributed by atoms with Crippen LogP contribution in [0.1, 0.15) is 16.8 Å². The number of carbonyl (C=O) groups is 1. The Bertz CT molecular complexity index is 406. The Morgan fingerprint density at radius 3 is 2.89 bits per heavy atom. The maximum Gasteiger partial charge on any atom is 0.253 e. The van der Waals surface area contributed by atoms with Crippen LogP contribution in [-0.4, -0.2) is 37.4 Å². The number of amides is 1. The topological polar surface area (TPSA) is 84.6 Å². The van der Waals surface area contributed by atoms with E-state index in [9.17, 15) is 4.79 Å². The molecule has 0 aliphatic heterocycles. The van der Waals surface area contributed by atoms with Gasteiger partial charge in [-0.05, 0) is 24.6 Å². The Morgan fingerprint density at radius 2 is 2.33 bits per heavy atom. The van der Waals surface area contributed by atoms with Gasteiger partial charge in [0.05, 0.1) is 18.2 Å². The van der Waals surface area contributed by atoms with Gasteiger partial charge in [0.2, 0.25) is 0 Å². The molecule has 0 heterocycles. The average molecular weight is 317 g/mol. The van der Waals surface area contributed by atoms with Crippen LogP contribution in [0.2, 0.25) is 0 Å². The Labute approximate surface area is 114 Å². The van der Waals surface area contributed by atoms with Crippen molar-refractivity contribution in [3.63, 3.8) is 0 Å². The normalized spacial score (nSPS) is 12.2. The van der Waals surface area contributed by atoms with E-state index in [1.807, 2.05) is 0 Å². The number of ether oxygens (including phenoxy) is 1. The van der Waals surface area contributed by atoms with Crippen molar-refractivity contribution >= 4 is 27.5 Å². The minimum absolute atomic E-state index is 0.00979. The third-order valence-corrected chi connectivity index (χ3v) is 2.93. The van der Waals surface area contributed by atoms with Crippen LogP contribution in [0.3, 0.4) is 0 Å². The standard InChI is InChI=1S/C12H17BrN2O3/c1-18-7-9(4-5-16)15-12(17)10-3-2-8(13)6-11(10)14/h2-3,6,9,16H,4-5,7,14H2,1H3,(H,15,17). The zero-order chi connectivity index (χ0) is 13.5. The molecule has 5 nitrogen and oxygen atoms in total. The molecule has 1 aromatic rings. The largest absolute Gasteiger partial charge is 0.398 e. The lowest BCUT2D eigenvalue weighted by Gasteiger charge is -2.17. The number of methoxy groups -OCH3 is 1. The van der Waals surface area contributed by atoms with E-state index in [0.29, 0.717) is 24.3 Å². The van der Waals surface area contributed by atoms with E-state index in [1.165, 1.54) is 0 Å². The van der Waals surface area contributed by atoms with Crippen LogP contribution in [0.5, 0.6) is 0 Å². The first-order valence-electron chi connectivity index (χ1n) is 5.54. The lowest BCUT2D eigenvalue weighted by atomic mass is 10.1. The first-order chi connectivity index (χ1) is 8.58. The van der Waals surface area contributed by atoms with Crippen molar-refractivity contribution in [2.45, 2.75) is 12.5 Å². The fraction of sp³-hybridized carbons (Fsp3) is 0.417. The van der Waals surface area contributed by atoms with E-state index in [4.69, 9.17) is 15.6 Å². The summed E-state index contributed by atoms with van der Waals surface area (Å²) in [7, 11) is 1.55. The van der Waals surface area contributed by atoms with Gasteiger partial charge in [-0.25, -0.2) is 0 Å². The van der Waals surface area contributed by atoms with E-state index in [-0.39, 0.29) is 18.6 Å². The summed E-state index contributed by atoms with van der Waals surface area (Å²) in [4.78, 5) is 12.0. The average Bonchev–Trinajstić information content (AvgIpc) is 2.29. The van der Waals surface area contributed by atoms with Crippen LogP contribution in [0.25, 0.3) is 0 Å². The molecule has 1 aromatic carbocycles. The number of benzene rings is 1. The number of hydrogen-bond acceptors (Lipinski definition) is 4. The first kappa shape index (κ1) is 14.9. The summed E-state index contributed by atoms with van der Waals surface area (Å²) in [5.41, 5.74) is 6.59. The second kappa shape index (κ2) is 7.35. The van der Waals surface area contributed by atoms with E-state index in [1.54, 1.807) is 25.3 Å². The molecular weight excluding hydrogens is 300 g/mol. The van der Waals surface area contributed by atoms with Gasteiger partial charge in [-0.1, -0.05) is 15.9 Å². The Morgan fingerprint density at radius 1 is 1.61 bits per heavy atom. The lowest BCUT2D eigenvalue weighted by molar-refractivity contribution is 0.0879. The molecule has 1 amide bonds. The van der Waals surface area contributed by atoms with Gasteiger partial charge < -0.3 is 20.9 Å². The van der Waals surface area contributed by atoms with Crippen molar-refractivity contribution in [1.82, 2.24) is 5.32 Å². The lowest BCUT2D eigenvalue weighted by Crippen LogP contribution is -2.39. The van der Waals surface area contributed by atoms with E-state index < -0.39 is 0 Å². The SMILES string of the molecule is COCC(CCO)NC(=O)c1ccc(Br)cc1N. The molecule has 0 saturated carbocycles. The van der Waals surface area contributed by atoms with Crippen LogP contribution in [0.15, 0.2) is 22.7 Å². The molecule has 100 valence electrons. The molecule has 0 saturated heterocycles. The molecule has 0 aromatic heterocycles. The zero-order valence-corrected chi connectivity index (χ0v) is 11.7. The fourth-order valence-corrected chi connectivity index (χ4v) is 1.94. The second-order valence-electron chi connectivity index (χ2n) is 3.87. The molecule has 18 heavy (non-hydrogen) atoms. The monoisotopic (exact) mass is 316 g/mol. The molecule has 6 heteroatoms. The quantitative estimate of drug-likeness (QED) is 0.688. The number of aliphatic hydroxyl groups is 1. The van der Waals surface area contributed by atoms with Crippen molar-refractivity contribution in [3.05, 3.63) is 28.2 Å². The molecule has 0 aliphatic carbocycles. The van der Waals surface area contributed by atoms with Gasteiger partial charge in [0.1, 0.15) is 0 Å². The van der Waals surface area contributed by atoms with Crippen LogP contribution in [0.4, 0.5) is 5.69 Å². The maximum absolute atomic E-state index is 12.0. The number of anilines is 1. The Kier molecular flexibility index (Phi) is 6.11. The predicted octanol–water partition coefficient (Wildman–Crippen LogP) is 1.16. The number of carbonyl (C=O) groups excluding carboxylic acids is 1. The minimum Gasteiger partial charge on any atom is -0.398 e. The molecule has 0 radical (unpaired) electrons. The summed E-state index contributed by atoms with van der Waals surface area (Å²) in [5, 5.41) is 11.7. The highest BCUT2D eigenvalue weighted by atomic mass is 79.9. The zero-order valence-electron chi connectivity index (χ0n) is 10.1. The number of aliphatic hydroxyl groups excluding tert-OH is 1. The van der Waals surface area contributed by atoms with Crippen molar-refractivity contribution in [3.8, 4) is 0 Å². The highest BCUT2D eigenvalue weighted by Gasteiger charge is 2.15. The summed E-state index contributed by atoms with van der Waals surface area (Å²) in [6.07, 6.45) is 0.440. The van der Waals surface area contributed by atoms with Gasteiger partial charge in [0, 0.05) is 23.9 Å². The molecule has 0 aliphatic rings. The van der Waals surface area contributed by atoms with Crippen LogP contribution < -0.4 is 11.1 Å². The molecule has 0 spiro atoms. The molecule has 1 unspecified atom stereocenters. The number of nitrogens with one attached hydrogen (secondary N) is 1. The summed E-state index contributed by atoms with van der Waals surface area (Å²) in [6.45, 7) is 0.340. The third-order valence-electron chi connectivity index (χ3n) is 2.44. The predicted molar refractivity (Wildman–Crippen MR) is 73.4 cm³/mol. The fourth-order valence-electron chi connectivity index (χ4n) is 1.56. The van der Waals surface area contributed by atoms with Crippen LogP contribution >= 0.6 is 15.9 Å². The van der Waals surface area contributed by atoms with Crippen molar-refractivity contribution in [1.29, 1.82) is 0 Å². The van der Waals surface area contributed by atoms with E-state index >= 15 is 0 Å². The molecule has 0 fully saturated rings. The van der Waals surface area contributed by atoms with Gasteiger partial charge in [0.25, 0.3) is 5.91 Å². The minimum atomic E-state index is -0.268. The second-order valence-corrected chi connectivity index (χ2v) is 4.79. The van der Waals surface area contributed by atoms with Gasteiger partial charge in [-0.2, -0.15) is 0 Å². The first-order valence-corrected chi connectivity index (χ1v) is 6.33. The van der Waals surface area contributed by atoms with Crippen molar-refractivity contribution < 1.29 is 14.6 Å². The van der Waals surface area contributed by atoms with Gasteiger partial charge in [-0.3, -0.25) is 4.79 Å². The smallest absolute Gasteiger partial charge is 0.253 e. The van der Waals surface area contributed by atoms with E-state index in [0.717, 1.165) is 4.47 Å². The number of rotatable bonds is 6. The summed E-state index contributed by atoms with van der Waals surface area (Å²) >= 11 is 3.28. The summed E-state index contributed by atoms with van der Waals surface area (Å²) in [6, 6.07) is 4.85. The highest BCUT2D eigenvalue weighted by Crippen LogP contribution is 2.18. The third kappa shape index (κ3) is 4.29. The van der Waals surface area contributed by atoms with Gasteiger partial charge in [-0.15, -0.1) is 0 Å². The molecule has 1 rings (SSSR count). The molecule has 1 atom stereocenters. The van der Waals surface area contributed by atoms with Crippen LogP contribution in [0, 0.1) is 0 Å². The molecular formula is C12H17BrN2O3. The highest BCUT2D eigenvalue weighted by molar-refractivity contribution is 9.10. The van der Waals surface area contributed by atoms with Crippen molar-refractivity contribution in [2.24, 2.45) is 0 Å². The maximum atomic E-state index is 12.0. The van der Waals surface area contributed by atoms with E-state index in [2.05, 4.69) is 21.2 Å². The number of halogens is 1. The van der Waals surface area contributed by atoms with Crippen LogP contribution in [-0.2, 0) is 4.74 Å². The summed E-state index contributed by atoms with van der Waals surface area (Å²) in [5.74, 6) is -0.268. The Balaban J connectivity index is 2.73. The number of nitrogens with two attached hydrogens (primary N) is 1. The number of nitrogen functional groups attached to an aromatic ring is 1.